The molecule has 1 aliphatic heterocycles. The van der Waals surface area contributed by atoms with Gasteiger partial charge in [-0.2, -0.15) is 5.11 Å². The molecule has 4 rings (SSSR count). The summed E-state index contributed by atoms with van der Waals surface area (Å²) in [7, 11) is 0. The molecule has 0 atom stereocenters. The molecule has 4 nitrogen and oxygen atoms in total. The number of amidine groups is 1. The van der Waals surface area contributed by atoms with Crippen LogP contribution in [0.25, 0.3) is 0 Å². The highest BCUT2D eigenvalue weighted by molar-refractivity contribution is 6.31. The Balaban J connectivity index is 1.54. The SMILES string of the molecule is Clc1ccccc1CCN=NC1=Nc2ccccc2NC12CCCCC2. The van der Waals surface area contributed by atoms with E-state index in [0.717, 1.165) is 47.1 Å². The van der Waals surface area contributed by atoms with Gasteiger partial charge in [-0.05, 0) is 43.0 Å². The number of aliphatic imine (C=N–C) groups is 1. The van der Waals surface area contributed by atoms with Gasteiger partial charge in [0.2, 0.25) is 0 Å². The van der Waals surface area contributed by atoms with Crippen LogP contribution in [0.5, 0.6) is 0 Å². The van der Waals surface area contributed by atoms with Crippen LogP contribution in [-0.4, -0.2) is 17.9 Å². The molecule has 26 heavy (non-hydrogen) atoms. The first-order valence-corrected chi connectivity index (χ1v) is 9.72. The number of hydrogen-bond donors (Lipinski definition) is 1. The molecule has 134 valence electrons. The van der Waals surface area contributed by atoms with Crippen LogP contribution in [0, 0.1) is 0 Å². The molecule has 1 fully saturated rings. The predicted octanol–water partition coefficient (Wildman–Crippen LogP) is 6.19. The highest BCUT2D eigenvalue weighted by Crippen LogP contribution is 2.41. The summed E-state index contributed by atoms with van der Waals surface area (Å²) in [5, 5.41) is 13.5. The van der Waals surface area contributed by atoms with Gasteiger partial charge >= 0.3 is 0 Å². The largest absolute Gasteiger partial charge is 0.371 e. The second-order valence-electron chi connectivity index (χ2n) is 7.03. The van der Waals surface area contributed by atoms with Gasteiger partial charge in [0.15, 0.2) is 5.84 Å². The Kier molecular flexibility index (Phi) is 5.02. The first-order chi connectivity index (χ1) is 12.8. The van der Waals surface area contributed by atoms with Gasteiger partial charge < -0.3 is 5.32 Å². The lowest BCUT2D eigenvalue weighted by atomic mass is 9.79. The third-order valence-electron chi connectivity index (χ3n) is 5.24. The van der Waals surface area contributed by atoms with Crippen molar-refractivity contribution in [3.8, 4) is 0 Å². The summed E-state index contributed by atoms with van der Waals surface area (Å²) in [5.74, 6) is 0.829. The van der Waals surface area contributed by atoms with E-state index in [1.165, 1.54) is 19.3 Å². The van der Waals surface area contributed by atoms with E-state index >= 15 is 0 Å². The molecule has 1 aliphatic carbocycles. The lowest BCUT2D eigenvalue weighted by Crippen LogP contribution is -2.48. The molecule has 0 radical (unpaired) electrons. The number of nitrogens with one attached hydrogen (secondary N) is 1. The molecule has 1 N–H and O–H groups in total. The van der Waals surface area contributed by atoms with Gasteiger partial charge in [-0.1, -0.05) is 61.2 Å². The van der Waals surface area contributed by atoms with Crippen molar-refractivity contribution in [2.24, 2.45) is 15.2 Å². The highest BCUT2D eigenvalue weighted by Gasteiger charge is 2.40. The average Bonchev–Trinajstić information content (AvgIpc) is 2.67. The number of para-hydroxylation sites is 2. The van der Waals surface area contributed by atoms with Crippen LogP contribution >= 0.6 is 11.6 Å². The third kappa shape index (κ3) is 3.51. The number of azo groups is 1. The van der Waals surface area contributed by atoms with E-state index in [9.17, 15) is 0 Å². The van der Waals surface area contributed by atoms with Crippen molar-refractivity contribution in [1.29, 1.82) is 0 Å². The number of fused-ring (bicyclic) bond motifs is 1. The Hall–Kier alpha value is -2.20. The Bertz CT molecular complexity index is 837. The van der Waals surface area contributed by atoms with Crippen LogP contribution in [-0.2, 0) is 6.42 Å². The molecule has 5 heteroatoms. The number of nitrogens with zero attached hydrogens (tertiary/aromatic N) is 3. The fraction of sp³-hybridized carbons (Fsp3) is 0.381. The van der Waals surface area contributed by atoms with Crippen LogP contribution in [0.3, 0.4) is 0 Å². The van der Waals surface area contributed by atoms with E-state index in [0.29, 0.717) is 6.54 Å². The lowest BCUT2D eigenvalue weighted by molar-refractivity contribution is 0.401. The fourth-order valence-electron chi connectivity index (χ4n) is 3.82. The van der Waals surface area contributed by atoms with Crippen LogP contribution in [0.15, 0.2) is 63.8 Å². The van der Waals surface area contributed by atoms with Crippen molar-refractivity contribution < 1.29 is 0 Å². The second-order valence-corrected chi connectivity index (χ2v) is 7.43. The summed E-state index contributed by atoms with van der Waals surface area (Å²) in [6.07, 6.45) is 6.58. The van der Waals surface area contributed by atoms with Crippen molar-refractivity contribution in [3.05, 3.63) is 59.1 Å². The van der Waals surface area contributed by atoms with Gasteiger partial charge in [0.05, 0.1) is 23.5 Å². The Morgan fingerprint density at radius 2 is 1.77 bits per heavy atom. The molecular formula is C21H23ClN4. The maximum absolute atomic E-state index is 6.22. The van der Waals surface area contributed by atoms with Gasteiger partial charge in [-0.25, -0.2) is 4.99 Å². The third-order valence-corrected chi connectivity index (χ3v) is 5.61. The Morgan fingerprint density at radius 1 is 1.00 bits per heavy atom. The summed E-state index contributed by atoms with van der Waals surface area (Å²) >= 11 is 6.22. The summed E-state index contributed by atoms with van der Waals surface area (Å²) in [5.41, 5.74) is 2.99. The number of anilines is 1. The van der Waals surface area contributed by atoms with E-state index in [2.05, 4.69) is 21.6 Å². The molecule has 2 aromatic carbocycles. The monoisotopic (exact) mass is 366 g/mol. The smallest absolute Gasteiger partial charge is 0.176 e. The molecule has 0 unspecified atom stereocenters. The molecule has 2 aromatic rings. The van der Waals surface area contributed by atoms with E-state index in [1.54, 1.807) is 0 Å². The van der Waals surface area contributed by atoms with Crippen LogP contribution in [0.2, 0.25) is 5.02 Å². The maximum atomic E-state index is 6.22. The maximum Gasteiger partial charge on any atom is 0.176 e. The standard InChI is InChI=1S/C21H23ClN4/c22-17-9-3-2-8-16(17)12-15-23-26-20-21(13-6-1-7-14-21)25-19-11-5-4-10-18(19)24-20/h2-5,8-11,25H,1,6-7,12-15H2. The topological polar surface area (TPSA) is 49.1 Å². The quantitative estimate of drug-likeness (QED) is 0.646. The number of halogens is 1. The van der Waals surface area contributed by atoms with Crippen molar-refractivity contribution >= 4 is 28.8 Å². The summed E-state index contributed by atoms with van der Waals surface area (Å²) in [6, 6.07) is 16.1. The lowest BCUT2D eigenvalue weighted by Gasteiger charge is -2.40. The zero-order chi connectivity index (χ0) is 17.8. The molecular weight excluding hydrogens is 344 g/mol. The van der Waals surface area contributed by atoms with E-state index in [-0.39, 0.29) is 5.54 Å². The van der Waals surface area contributed by atoms with Gasteiger partial charge in [-0.15, -0.1) is 5.11 Å². The minimum absolute atomic E-state index is 0.166. The molecule has 0 amide bonds. The van der Waals surface area contributed by atoms with E-state index < -0.39 is 0 Å². The molecule has 0 aromatic heterocycles. The molecule has 2 aliphatic rings. The molecule has 1 heterocycles. The molecule has 1 saturated carbocycles. The highest BCUT2D eigenvalue weighted by atomic mass is 35.5. The normalized spacial score (nSPS) is 18.4. The first kappa shape index (κ1) is 17.2. The van der Waals surface area contributed by atoms with Crippen molar-refractivity contribution in [3.63, 3.8) is 0 Å². The zero-order valence-electron chi connectivity index (χ0n) is 14.8. The van der Waals surface area contributed by atoms with E-state index in [1.807, 2.05) is 42.5 Å². The fourth-order valence-corrected chi connectivity index (χ4v) is 4.05. The van der Waals surface area contributed by atoms with Crippen LogP contribution < -0.4 is 5.32 Å². The summed E-state index contributed by atoms with van der Waals surface area (Å²) < 4.78 is 0. The predicted molar refractivity (Wildman–Crippen MR) is 108 cm³/mol. The summed E-state index contributed by atoms with van der Waals surface area (Å²) in [4.78, 5) is 4.85. The van der Waals surface area contributed by atoms with Crippen molar-refractivity contribution in [1.82, 2.24) is 0 Å². The van der Waals surface area contributed by atoms with Crippen LogP contribution in [0.4, 0.5) is 11.4 Å². The van der Waals surface area contributed by atoms with Crippen LogP contribution in [0.1, 0.15) is 37.7 Å². The zero-order valence-corrected chi connectivity index (χ0v) is 15.5. The van der Waals surface area contributed by atoms with Crippen molar-refractivity contribution in [2.75, 3.05) is 11.9 Å². The number of hydrogen-bond acceptors (Lipinski definition) is 4. The van der Waals surface area contributed by atoms with Gasteiger partial charge in [-0.3, -0.25) is 0 Å². The van der Waals surface area contributed by atoms with E-state index in [4.69, 9.17) is 16.6 Å². The minimum atomic E-state index is -0.166. The van der Waals surface area contributed by atoms with Gasteiger partial charge in [0.1, 0.15) is 0 Å². The first-order valence-electron chi connectivity index (χ1n) is 9.34. The second kappa shape index (κ2) is 7.58. The van der Waals surface area contributed by atoms with Gasteiger partial charge in [0.25, 0.3) is 0 Å². The van der Waals surface area contributed by atoms with Gasteiger partial charge in [0, 0.05) is 5.02 Å². The minimum Gasteiger partial charge on any atom is -0.371 e. The molecule has 0 saturated heterocycles. The Morgan fingerprint density at radius 3 is 2.62 bits per heavy atom. The molecule has 1 spiro atoms. The number of rotatable bonds is 3. The Labute approximate surface area is 159 Å². The van der Waals surface area contributed by atoms with Crippen molar-refractivity contribution in [2.45, 2.75) is 44.1 Å². The molecule has 0 bridgehead atoms. The summed E-state index contributed by atoms with van der Waals surface area (Å²) in [6.45, 7) is 0.612. The average molecular weight is 367 g/mol. The number of benzene rings is 2.